The van der Waals surface area contributed by atoms with Gasteiger partial charge < -0.3 is 11.1 Å². The number of nitrogens with two attached hydrogens (primary N) is 1. The molecule has 0 spiro atoms. The molecule has 0 aliphatic rings. The Hall–Kier alpha value is -1.35. The fraction of sp³-hybridized carbons (Fsp3) is 0.417. The second-order valence-corrected chi connectivity index (χ2v) is 3.82. The summed E-state index contributed by atoms with van der Waals surface area (Å²) in [5.74, 6) is -0.119. The smallest absolute Gasteiger partial charge is 0.241 e. The van der Waals surface area contributed by atoms with Gasteiger partial charge in [-0.3, -0.25) is 4.79 Å². The third-order valence-electron chi connectivity index (χ3n) is 2.43. The molecule has 0 heterocycles. The molecule has 3 heteroatoms. The van der Waals surface area contributed by atoms with E-state index in [4.69, 9.17) is 5.73 Å². The van der Waals surface area contributed by atoms with Gasteiger partial charge in [-0.2, -0.15) is 0 Å². The minimum absolute atomic E-state index is 0.119. The van der Waals surface area contributed by atoms with Crippen molar-refractivity contribution < 1.29 is 4.79 Å². The monoisotopic (exact) mass is 206 g/mol. The van der Waals surface area contributed by atoms with Crippen molar-refractivity contribution >= 4 is 11.6 Å². The Morgan fingerprint density at radius 1 is 1.47 bits per heavy atom. The number of amides is 1. The molecule has 1 amide bonds. The van der Waals surface area contributed by atoms with E-state index in [1.165, 1.54) is 0 Å². The molecule has 0 bridgehead atoms. The maximum Gasteiger partial charge on any atom is 0.241 e. The molecule has 1 aromatic carbocycles. The fourth-order valence-electron chi connectivity index (χ4n) is 1.28. The van der Waals surface area contributed by atoms with Crippen molar-refractivity contribution in [1.29, 1.82) is 0 Å². The molecule has 0 aliphatic carbocycles. The number of rotatable bonds is 3. The highest BCUT2D eigenvalue weighted by Crippen LogP contribution is 2.16. The van der Waals surface area contributed by atoms with E-state index < -0.39 is 6.04 Å². The Balaban J connectivity index is 2.80. The molecule has 82 valence electrons. The number of benzene rings is 1. The van der Waals surface area contributed by atoms with Gasteiger partial charge in [0.15, 0.2) is 0 Å². The molecule has 1 atom stereocenters. The number of carbonyl (C=O) groups excluding carboxylic acids is 1. The van der Waals surface area contributed by atoms with Crippen molar-refractivity contribution in [3.05, 3.63) is 29.3 Å². The number of carbonyl (C=O) groups is 1. The van der Waals surface area contributed by atoms with E-state index >= 15 is 0 Å². The third kappa shape index (κ3) is 3.06. The van der Waals surface area contributed by atoms with E-state index in [9.17, 15) is 4.79 Å². The number of anilines is 1. The first-order valence-corrected chi connectivity index (χ1v) is 5.18. The lowest BCUT2D eigenvalue weighted by Gasteiger charge is -2.12. The van der Waals surface area contributed by atoms with Crippen LogP contribution in [0.1, 0.15) is 24.5 Å². The van der Waals surface area contributed by atoms with Crippen LogP contribution in [-0.4, -0.2) is 11.9 Å². The molecular formula is C12H18N2O. The Kier molecular flexibility index (Phi) is 3.86. The fourth-order valence-corrected chi connectivity index (χ4v) is 1.28. The predicted molar refractivity (Wildman–Crippen MR) is 62.8 cm³/mol. The van der Waals surface area contributed by atoms with Crippen LogP contribution >= 0.6 is 0 Å². The third-order valence-corrected chi connectivity index (χ3v) is 2.43. The normalized spacial score (nSPS) is 12.3. The van der Waals surface area contributed by atoms with Crippen LogP contribution in [0.15, 0.2) is 18.2 Å². The van der Waals surface area contributed by atoms with Gasteiger partial charge in [0.25, 0.3) is 0 Å². The standard InChI is InChI=1S/C12H18N2O/c1-4-10(13)12(15)14-11-7-8(2)5-6-9(11)3/h5-7,10H,4,13H2,1-3H3,(H,14,15)/t10-/m1/s1. The summed E-state index contributed by atoms with van der Waals surface area (Å²) >= 11 is 0. The number of nitrogens with one attached hydrogen (secondary N) is 1. The van der Waals surface area contributed by atoms with Gasteiger partial charge >= 0.3 is 0 Å². The Bertz CT molecular complexity index is 361. The van der Waals surface area contributed by atoms with Gasteiger partial charge in [0.2, 0.25) is 5.91 Å². The highest BCUT2D eigenvalue weighted by molar-refractivity contribution is 5.95. The van der Waals surface area contributed by atoms with Crippen molar-refractivity contribution in [1.82, 2.24) is 0 Å². The first-order valence-electron chi connectivity index (χ1n) is 5.18. The van der Waals surface area contributed by atoms with Crippen LogP contribution in [0.4, 0.5) is 5.69 Å². The van der Waals surface area contributed by atoms with Crippen molar-refractivity contribution in [2.45, 2.75) is 33.2 Å². The van der Waals surface area contributed by atoms with Crippen LogP contribution in [0.25, 0.3) is 0 Å². The van der Waals surface area contributed by atoms with Crippen LogP contribution in [0, 0.1) is 13.8 Å². The molecule has 1 aromatic rings. The lowest BCUT2D eigenvalue weighted by Crippen LogP contribution is -2.35. The van der Waals surface area contributed by atoms with Gasteiger partial charge in [0, 0.05) is 5.69 Å². The lowest BCUT2D eigenvalue weighted by atomic mass is 10.1. The zero-order valence-electron chi connectivity index (χ0n) is 9.50. The molecule has 15 heavy (non-hydrogen) atoms. The molecule has 0 saturated carbocycles. The van der Waals surface area contributed by atoms with Gasteiger partial charge in [-0.15, -0.1) is 0 Å². The Morgan fingerprint density at radius 2 is 2.13 bits per heavy atom. The summed E-state index contributed by atoms with van der Waals surface area (Å²) in [7, 11) is 0. The molecule has 0 radical (unpaired) electrons. The van der Waals surface area contributed by atoms with Crippen molar-refractivity contribution in [3.63, 3.8) is 0 Å². The molecular weight excluding hydrogens is 188 g/mol. The largest absolute Gasteiger partial charge is 0.324 e. The van der Waals surface area contributed by atoms with Gasteiger partial charge in [-0.25, -0.2) is 0 Å². The lowest BCUT2D eigenvalue weighted by molar-refractivity contribution is -0.117. The summed E-state index contributed by atoms with van der Waals surface area (Å²) in [5, 5.41) is 2.84. The summed E-state index contributed by atoms with van der Waals surface area (Å²) in [6, 6.07) is 5.54. The van der Waals surface area contributed by atoms with E-state index in [2.05, 4.69) is 5.32 Å². The van der Waals surface area contributed by atoms with Crippen LogP contribution in [0.3, 0.4) is 0 Å². The minimum atomic E-state index is -0.426. The first kappa shape index (κ1) is 11.7. The summed E-state index contributed by atoms with van der Waals surface area (Å²) in [6.07, 6.45) is 0.650. The van der Waals surface area contributed by atoms with Gasteiger partial charge in [-0.1, -0.05) is 19.1 Å². The van der Waals surface area contributed by atoms with E-state index in [0.29, 0.717) is 6.42 Å². The molecule has 0 aliphatic heterocycles. The maximum atomic E-state index is 11.6. The van der Waals surface area contributed by atoms with Crippen molar-refractivity contribution in [2.75, 3.05) is 5.32 Å². The van der Waals surface area contributed by atoms with Crippen molar-refractivity contribution in [2.24, 2.45) is 5.73 Å². The summed E-state index contributed by atoms with van der Waals surface area (Å²) in [6.45, 7) is 5.86. The number of hydrogen-bond donors (Lipinski definition) is 2. The van der Waals surface area contributed by atoms with Crippen molar-refractivity contribution in [3.8, 4) is 0 Å². The molecule has 3 N–H and O–H groups in total. The second kappa shape index (κ2) is 4.94. The quantitative estimate of drug-likeness (QED) is 0.794. The number of hydrogen-bond acceptors (Lipinski definition) is 2. The highest BCUT2D eigenvalue weighted by Gasteiger charge is 2.11. The van der Waals surface area contributed by atoms with Crippen LogP contribution in [0.5, 0.6) is 0 Å². The van der Waals surface area contributed by atoms with E-state index in [1.54, 1.807) is 0 Å². The zero-order chi connectivity index (χ0) is 11.4. The van der Waals surface area contributed by atoms with E-state index in [1.807, 2.05) is 39.0 Å². The average Bonchev–Trinajstić information content (AvgIpc) is 2.22. The summed E-state index contributed by atoms with van der Waals surface area (Å²) < 4.78 is 0. The second-order valence-electron chi connectivity index (χ2n) is 3.82. The van der Waals surface area contributed by atoms with Crippen LogP contribution < -0.4 is 11.1 Å². The van der Waals surface area contributed by atoms with Crippen LogP contribution in [-0.2, 0) is 4.79 Å². The van der Waals surface area contributed by atoms with Crippen LogP contribution in [0.2, 0.25) is 0 Å². The highest BCUT2D eigenvalue weighted by atomic mass is 16.2. The zero-order valence-corrected chi connectivity index (χ0v) is 9.50. The number of aryl methyl sites for hydroxylation is 2. The van der Waals surface area contributed by atoms with E-state index in [-0.39, 0.29) is 5.91 Å². The Morgan fingerprint density at radius 3 is 2.73 bits per heavy atom. The molecule has 1 rings (SSSR count). The molecule has 0 aromatic heterocycles. The summed E-state index contributed by atoms with van der Waals surface area (Å²) in [4.78, 5) is 11.6. The molecule has 0 saturated heterocycles. The SMILES string of the molecule is CC[C@@H](N)C(=O)Nc1cc(C)ccc1C. The predicted octanol–water partition coefficient (Wildman–Crippen LogP) is 1.98. The summed E-state index contributed by atoms with van der Waals surface area (Å²) in [5.41, 5.74) is 8.67. The minimum Gasteiger partial charge on any atom is -0.324 e. The van der Waals surface area contributed by atoms with E-state index in [0.717, 1.165) is 16.8 Å². The molecule has 3 nitrogen and oxygen atoms in total. The molecule has 0 unspecified atom stereocenters. The van der Waals surface area contributed by atoms with Gasteiger partial charge in [0.05, 0.1) is 6.04 Å². The molecule has 0 fully saturated rings. The van der Waals surface area contributed by atoms with Gasteiger partial charge in [0.1, 0.15) is 0 Å². The first-order chi connectivity index (χ1) is 7.04. The maximum absolute atomic E-state index is 11.6. The van der Waals surface area contributed by atoms with Gasteiger partial charge in [-0.05, 0) is 37.5 Å². The average molecular weight is 206 g/mol. The topological polar surface area (TPSA) is 55.1 Å². The Labute approximate surface area is 90.7 Å².